The van der Waals surface area contributed by atoms with Crippen molar-refractivity contribution < 1.29 is 0 Å². The molecule has 1 aromatic carbocycles. The number of hydrogen-bond donors (Lipinski definition) is 2. The van der Waals surface area contributed by atoms with Crippen LogP contribution in [-0.2, 0) is 0 Å². The Morgan fingerprint density at radius 2 is 1.75 bits per heavy atom. The van der Waals surface area contributed by atoms with Crippen molar-refractivity contribution in [1.82, 2.24) is 9.97 Å². The van der Waals surface area contributed by atoms with Crippen LogP contribution in [0.4, 0.5) is 17.2 Å². The summed E-state index contributed by atoms with van der Waals surface area (Å²) >= 11 is 0. The molecule has 0 spiro atoms. The molecular formula is C12H14N4. The van der Waals surface area contributed by atoms with Crippen LogP contribution in [-0.4, -0.2) is 9.97 Å². The van der Waals surface area contributed by atoms with Gasteiger partial charge in [-0.2, -0.15) is 0 Å². The standard InChI is InChI=1S/C12H14N4/c1-8-7-12(15-9(2)14-8)16-11-5-3-10(13)4-6-11/h3-7H,13H2,1-2H3,(H,14,15,16). The largest absolute Gasteiger partial charge is 0.399 e. The number of aryl methyl sites for hydroxylation is 2. The molecule has 3 N–H and O–H groups in total. The lowest BCUT2D eigenvalue weighted by Gasteiger charge is -2.07. The highest BCUT2D eigenvalue weighted by Gasteiger charge is 1.99. The second kappa shape index (κ2) is 4.18. The average Bonchev–Trinajstić information content (AvgIpc) is 2.20. The molecule has 0 aliphatic heterocycles. The van der Waals surface area contributed by atoms with E-state index in [1.54, 1.807) is 0 Å². The first-order valence-electron chi connectivity index (χ1n) is 5.08. The van der Waals surface area contributed by atoms with E-state index in [1.165, 1.54) is 0 Å². The zero-order chi connectivity index (χ0) is 11.5. The fourth-order valence-corrected chi connectivity index (χ4v) is 1.50. The lowest BCUT2D eigenvalue weighted by atomic mass is 10.3. The number of aromatic nitrogens is 2. The van der Waals surface area contributed by atoms with Crippen LogP contribution in [0.5, 0.6) is 0 Å². The number of hydrogen-bond acceptors (Lipinski definition) is 4. The highest BCUT2D eigenvalue weighted by Crippen LogP contribution is 2.16. The number of nitrogen functional groups attached to an aromatic ring is 1. The summed E-state index contributed by atoms with van der Waals surface area (Å²) < 4.78 is 0. The van der Waals surface area contributed by atoms with Gasteiger partial charge >= 0.3 is 0 Å². The zero-order valence-electron chi connectivity index (χ0n) is 9.36. The molecule has 0 saturated carbocycles. The van der Waals surface area contributed by atoms with Crippen molar-refractivity contribution in [2.75, 3.05) is 11.1 Å². The van der Waals surface area contributed by atoms with E-state index in [4.69, 9.17) is 5.73 Å². The maximum absolute atomic E-state index is 5.61. The maximum atomic E-state index is 5.61. The quantitative estimate of drug-likeness (QED) is 0.753. The van der Waals surface area contributed by atoms with E-state index in [0.29, 0.717) is 0 Å². The third kappa shape index (κ3) is 2.48. The minimum absolute atomic E-state index is 0.751. The summed E-state index contributed by atoms with van der Waals surface area (Å²) in [6, 6.07) is 9.44. The SMILES string of the molecule is Cc1cc(Nc2ccc(N)cc2)nc(C)n1. The van der Waals surface area contributed by atoms with Crippen molar-refractivity contribution in [3.63, 3.8) is 0 Å². The Morgan fingerprint density at radius 3 is 2.38 bits per heavy atom. The Labute approximate surface area is 94.5 Å². The molecule has 82 valence electrons. The number of benzene rings is 1. The minimum atomic E-state index is 0.751. The van der Waals surface area contributed by atoms with Crippen LogP contribution >= 0.6 is 0 Å². The van der Waals surface area contributed by atoms with Crippen LogP contribution in [0.3, 0.4) is 0 Å². The van der Waals surface area contributed by atoms with Crippen LogP contribution in [0, 0.1) is 13.8 Å². The van der Waals surface area contributed by atoms with Gasteiger partial charge < -0.3 is 11.1 Å². The summed E-state index contributed by atoms with van der Waals surface area (Å²) in [5.74, 6) is 1.56. The lowest BCUT2D eigenvalue weighted by Crippen LogP contribution is -1.98. The molecule has 4 nitrogen and oxygen atoms in total. The van der Waals surface area contributed by atoms with Crippen LogP contribution in [0.15, 0.2) is 30.3 Å². The smallest absolute Gasteiger partial charge is 0.134 e. The topological polar surface area (TPSA) is 63.8 Å². The lowest BCUT2D eigenvalue weighted by molar-refractivity contribution is 1.02. The molecule has 1 heterocycles. The molecule has 0 saturated heterocycles. The number of rotatable bonds is 2. The summed E-state index contributed by atoms with van der Waals surface area (Å²) in [6.07, 6.45) is 0. The first kappa shape index (κ1) is 10.4. The molecule has 0 aliphatic rings. The van der Waals surface area contributed by atoms with Gasteiger partial charge in [0.25, 0.3) is 0 Å². The highest BCUT2D eigenvalue weighted by atomic mass is 15.0. The molecule has 2 rings (SSSR count). The van der Waals surface area contributed by atoms with Gasteiger partial charge in [0.05, 0.1) is 0 Å². The molecule has 16 heavy (non-hydrogen) atoms. The van der Waals surface area contributed by atoms with Crippen LogP contribution in [0.25, 0.3) is 0 Å². The van der Waals surface area contributed by atoms with Gasteiger partial charge in [-0.3, -0.25) is 0 Å². The molecule has 0 radical (unpaired) electrons. The second-order valence-corrected chi connectivity index (χ2v) is 3.69. The van der Waals surface area contributed by atoms with E-state index >= 15 is 0 Å². The molecule has 0 unspecified atom stereocenters. The first-order chi connectivity index (χ1) is 7.63. The van der Waals surface area contributed by atoms with Gasteiger partial charge in [0.15, 0.2) is 0 Å². The van der Waals surface area contributed by atoms with Gasteiger partial charge in [-0.05, 0) is 38.1 Å². The van der Waals surface area contributed by atoms with E-state index in [1.807, 2.05) is 44.2 Å². The van der Waals surface area contributed by atoms with Gasteiger partial charge in [-0.15, -0.1) is 0 Å². The molecule has 0 bridgehead atoms. The Kier molecular flexibility index (Phi) is 2.72. The number of nitrogens with one attached hydrogen (secondary N) is 1. The van der Waals surface area contributed by atoms with Gasteiger partial charge in [-0.1, -0.05) is 0 Å². The fourth-order valence-electron chi connectivity index (χ4n) is 1.50. The number of nitrogens with two attached hydrogens (primary N) is 1. The fraction of sp³-hybridized carbons (Fsp3) is 0.167. The molecule has 4 heteroatoms. The zero-order valence-corrected chi connectivity index (χ0v) is 9.36. The summed E-state index contributed by atoms with van der Waals surface area (Å²) in [5.41, 5.74) is 8.28. The summed E-state index contributed by atoms with van der Waals surface area (Å²) in [7, 11) is 0. The average molecular weight is 214 g/mol. The molecule has 1 aromatic heterocycles. The summed E-state index contributed by atoms with van der Waals surface area (Å²) in [5, 5.41) is 3.21. The Bertz CT molecular complexity index is 471. The predicted molar refractivity (Wildman–Crippen MR) is 65.6 cm³/mol. The third-order valence-corrected chi connectivity index (χ3v) is 2.15. The van der Waals surface area contributed by atoms with E-state index in [9.17, 15) is 0 Å². The normalized spacial score (nSPS) is 10.1. The molecule has 0 atom stereocenters. The van der Waals surface area contributed by atoms with Crippen LogP contribution in [0.2, 0.25) is 0 Å². The van der Waals surface area contributed by atoms with Crippen molar-refractivity contribution in [1.29, 1.82) is 0 Å². The van der Waals surface area contributed by atoms with Crippen molar-refractivity contribution in [3.8, 4) is 0 Å². The third-order valence-electron chi connectivity index (χ3n) is 2.15. The van der Waals surface area contributed by atoms with Crippen LogP contribution in [0.1, 0.15) is 11.5 Å². The van der Waals surface area contributed by atoms with E-state index < -0.39 is 0 Å². The Morgan fingerprint density at radius 1 is 1.06 bits per heavy atom. The molecule has 2 aromatic rings. The summed E-state index contributed by atoms with van der Waals surface area (Å²) in [4.78, 5) is 8.52. The van der Waals surface area contributed by atoms with Crippen molar-refractivity contribution in [2.45, 2.75) is 13.8 Å². The number of anilines is 3. The number of nitrogens with zero attached hydrogens (tertiary/aromatic N) is 2. The summed E-state index contributed by atoms with van der Waals surface area (Å²) in [6.45, 7) is 3.82. The van der Waals surface area contributed by atoms with Crippen molar-refractivity contribution in [3.05, 3.63) is 41.9 Å². The monoisotopic (exact) mass is 214 g/mol. The molecular weight excluding hydrogens is 200 g/mol. The minimum Gasteiger partial charge on any atom is -0.399 e. The molecule has 0 aliphatic carbocycles. The van der Waals surface area contributed by atoms with Crippen LogP contribution < -0.4 is 11.1 Å². The molecule has 0 fully saturated rings. The van der Waals surface area contributed by atoms with Gasteiger partial charge in [0, 0.05) is 23.1 Å². The van der Waals surface area contributed by atoms with Crippen molar-refractivity contribution >= 4 is 17.2 Å². The first-order valence-corrected chi connectivity index (χ1v) is 5.08. The van der Waals surface area contributed by atoms with E-state index in [0.717, 1.165) is 28.7 Å². The van der Waals surface area contributed by atoms with E-state index in [2.05, 4.69) is 15.3 Å². The van der Waals surface area contributed by atoms with E-state index in [-0.39, 0.29) is 0 Å². The Balaban J connectivity index is 2.23. The predicted octanol–water partition coefficient (Wildman–Crippen LogP) is 2.42. The second-order valence-electron chi connectivity index (χ2n) is 3.69. The maximum Gasteiger partial charge on any atom is 0.134 e. The Hall–Kier alpha value is -2.10. The van der Waals surface area contributed by atoms with Crippen molar-refractivity contribution in [2.24, 2.45) is 0 Å². The molecule has 0 amide bonds. The van der Waals surface area contributed by atoms with Gasteiger partial charge in [0.1, 0.15) is 11.6 Å². The van der Waals surface area contributed by atoms with Gasteiger partial charge in [0.2, 0.25) is 0 Å². The highest BCUT2D eigenvalue weighted by molar-refractivity contribution is 5.59. The van der Waals surface area contributed by atoms with Gasteiger partial charge in [-0.25, -0.2) is 9.97 Å².